The summed E-state index contributed by atoms with van der Waals surface area (Å²) >= 11 is 0. The fourth-order valence-electron chi connectivity index (χ4n) is 3.87. The number of hydrogen-bond donors (Lipinski definition) is 0. The van der Waals surface area contributed by atoms with E-state index in [-0.39, 0.29) is 19.6 Å². The van der Waals surface area contributed by atoms with Crippen LogP contribution in [0.15, 0.2) is 24.3 Å². The minimum Gasteiger partial charge on any atom is -0.465 e. The lowest BCUT2D eigenvalue weighted by molar-refractivity contribution is -0.146. The highest BCUT2D eigenvalue weighted by Gasteiger charge is 2.49. The maximum Gasteiger partial charge on any atom is 0.414 e. The molecule has 2 aliphatic rings. The zero-order chi connectivity index (χ0) is 24.8. The lowest BCUT2D eigenvalue weighted by atomic mass is 10.0. The summed E-state index contributed by atoms with van der Waals surface area (Å²) < 4.78 is 38.6. The van der Waals surface area contributed by atoms with Gasteiger partial charge in [-0.25, -0.2) is 13.2 Å². The van der Waals surface area contributed by atoms with Crippen molar-refractivity contribution in [2.75, 3.05) is 57.2 Å². The number of carbonyl (C=O) groups is 2. The fraction of sp³-hybridized carbons (Fsp3) is 0.583. The Bertz CT molecular complexity index is 1040. The Hall–Kier alpha value is -2.61. The van der Waals surface area contributed by atoms with E-state index in [0.717, 1.165) is 51.1 Å². The number of nitrogens with zero attached hydrogens (tertiary/aromatic N) is 2. The first-order valence-electron chi connectivity index (χ1n) is 11.4. The lowest BCUT2D eigenvalue weighted by Crippen LogP contribution is -2.47. The molecular weight excluding hydrogens is 460 g/mol. The summed E-state index contributed by atoms with van der Waals surface area (Å²) in [5.74, 6) is 5.47. The van der Waals surface area contributed by atoms with E-state index in [1.807, 2.05) is 12.1 Å². The molecule has 1 amide bonds. The summed E-state index contributed by atoms with van der Waals surface area (Å²) in [6.07, 6.45) is 0.214. The van der Waals surface area contributed by atoms with Crippen LogP contribution in [-0.2, 0) is 28.8 Å². The van der Waals surface area contributed by atoms with E-state index in [2.05, 4.69) is 16.7 Å². The second-order valence-electron chi connectivity index (χ2n) is 8.60. The smallest absolute Gasteiger partial charge is 0.414 e. The third-order valence-electron chi connectivity index (χ3n) is 6.09. The number of amides is 1. The van der Waals surface area contributed by atoms with Crippen molar-refractivity contribution in [2.45, 2.75) is 37.5 Å². The number of cyclic esters (lactones) is 1. The summed E-state index contributed by atoms with van der Waals surface area (Å²) in [6.45, 7) is 7.43. The van der Waals surface area contributed by atoms with Crippen LogP contribution in [0.1, 0.15) is 32.3 Å². The SMILES string of the molecule is CCOC(=O)C(C)(CC1CN(c2ccc(C#CCCN3CCOCC3)cc2)C(=O)O1)S(C)(=O)=O. The quantitative estimate of drug-likeness (QED) is 0.400. The van der Waals surface area contributed by atoms with Gasteiger partial charge in [0, 0.05) is 50.0 Å². The van der Waals surface area contributed by atoms with E-state index >= 15 is 0 Å². The molecule has 2 atom stereocenters. The predicted molar refractivity (Wildman–Crippen MR) is 127 cm³/mol. The molecule has 1 aromatic rings. The van der Waals surface area contributed by atoms with Crippen molar-refractivity contribution in [3.63, 3.8) is 0 Å². The largest absolute Gasteiger partial charge is 0.465 e. The summed E-state index contributed by atoms with van der Waals surface area (Å²) in [5.41, 5.74) is 1.45. The third-order valence-corrected chi connectivity index (χ3v) is 8.06. The highest BCUT2D eigenvalue weighted by molar-refractivity contribution is 7.92. The molecule has 0 radical (unpaired) electrons. The Morgan fingerprint density at radius 2 is 1.91 bits per heavy atom. The number of rotatable bonds is 8. The highest BCUT2D eigenvalue weighted by atomic mass is 32.2. The van der Waals surface area contributed by atoms with E-state index in [4.69, 9.17) is 14.2 Å². The summed E-state index contributed by atoms with van der Waals surface area (Å²) in [6, 6.07) is 7.21. The first-order valence-corrected chi connectivity index (χ1v) is 13.3. The van der Waals surface area contributed by atoms with Crippen LogP contribution in [0.3, 0.4) is 0 Å². The second kappa shape index (κ2) is 11.2. The third kappa shape index (κ3) is 6.29. The van der Waals surface area contributed by atoms with E-state index in [1.54, 1.807) is 19.1 Å². The van der Waals surface area contributed by atoms with Crippen molar-refractivity contribution >= 4 is 27.6 Å². The zero-order valence-corrected chi connectivity index (χ0v) is 20.7. The van der Waals surface area contributed by atoms with Crippen molar-refractivity contribution in [1.82, 2.24) is 4.90 Å². The molecule has 3 rings (SSSR count). The number of anilines is 1. The average molecular weight is 493 g/mol. The minimum absolute atomic E-state index is 0.0585. The molecule has 9 nitrogen and oxygen atoms in total. The Balaban J connectivity index is 1.60. The van der Waals surface area contributed by atoms with Gasteiger partial charge in [0.2, 0.25) is 0 Å². The maximum absolute atomic E-state index is 12.5. The number of ether oxygens (including phenoxy) is 3. The van der Waals surface area contributed by atoms with Gasteiger partial charge in [0.05, 0.1) is 26.4 Å². The molecule has 2 fully saturated rings. The standard InChI is InChI=1S/C24H32N2O7S/c1-4-32-22(27)24(2,34(3,29)30)17-21-18-26(23(28)33-21)20-10-8-19(9-11-20)7-5-6-12-25-13-15-31-16-14-25/h8-11,21H,4,6,12-18H2,1-3H3. The van der Waals surface area contributed by atoms with Gasteiger partial charge in [0.15, 0.2) is 14.6 Å². The Labute approximate surface area is 201 Å². The van der Waals surface area contributed by atoms with Gasteiger partial charge in [-0.15, -0.1) is 0 Å². The lowest BCUT2D eigenvalue weighted by Gasteiger charge is -2.27. The van der Waals surface area contributed by atoms with E-state index in [9.17, 15) is 18.0 Å². The van der Waals surface area contributed by atoms with Crippen LogP contribution in [-0.4, -0.2) is 88.5 Å². The molecule has 2 aliphatic heterocycles. The van der Waals surface area contributed by atoms with Crippen LogP contribution in [0.25, 0.3) is 0 Å². The molecule has 34 heavy (non-hydrogen) atoms. The van der Waals surface area contributed by atoms with E-state index in [1.165, 1.54) is 11.8 Å². The van der Waals surface area contributed by atoms with Crippen LogP contribution in [0.5, 0.6) is 0 Å². The number of esters is 1. The van der Waals surface area contributed by atoms with Gasteiger partial charge in [0.25, 0.3) is 0 Å². The van der Waals surface area contributed by atoms with Crippen LogP contribution in [0, 0.1) is 11.8 Å². The molecule has 10 heteroatoms. The molecule has 2 heterocycles. The van der Waals surface area contributed by atoms with Gasteiger partial charge in [-0.05, 0) is 38.1 Å². The molecule has 0 saturated carbocycles. The average Bonchev–Trinajstić information content (AvgIpc) is 3.17. The molecule has 0 N–H and O–H groups in total. The number of carbonyl (C=O) groups excluding carboxylic acids is 2. The molecule has 1 aromatic carbocycles. The van der Waals surface area contributed by atoms with E-state index < -0.39 is 32.8 Å². The molecule has 0 aromatic heterocycles. The molecule has 186 valence electrons. The van der Waals surface area contributed by atoms with Crippen molar-refractivity contribution in [2.24, 2.45) is 0 Å². The maximum atomic E-state index is 12.5. The van der Waals surface area contributed by atoms with Crippen molar-refractivity contribution in [3.05, 3.63) is 29.8 Å². The molecule has 0 aliphatic carbocycles. The van der Waals surface area contributed by atoms with Crippen molar-refractivity contribution < 1.29 is 32.2 Å². The van der Waals surface area contributed by atoms with Gasteiger partial charge < -0.3 is 14.2 Å². The van der Waals surface area contributed by atoms with Crippen LogP contribution < -0.4 is 4.90 Å². The monoisotopic (exact) mass is 492 g/mol. The van der Waals surface area contributed by atoms with E-state index in [0.29, 0.717) is 5.69 Å². The van der Waals surface area contributed by atoms with Crippen LogP contribution >= 0.6 is 0 Å². The summed E-state index contributed by atoms with van der Waals surface area (Å²) in [5, 5.41) is 0. The van der Waals surface area contributed by atoms with Gasteiger partial charge in [-0.3, -0.25) is 14.6 Å². The number of sulfone groups is 1. The molecular formula is C24H32N2O7S. The Morgan fingerprint density at radius 1 is 1.24 bits per heavy atom. The zero-order valence-electron chi connectivity index (χ0n) is 19.9. The first kappa shape index (κ1) is 26.0. The van der Waals surface area contributed by atoms with Gasteiger partial charge >= 0.3 is 12.1 Å². The molecule has 2 unspecified atom stereocenters. The Kier molecular flexibility index (Phi) is 8.57. The molecule has 0 spiro atoms. The van der Waals surface area contributed by atoms with Crippen molar-refractivity contribution in [1.29, 1.82) is 0 Å². The fourth-order valence-corrected chi connectivity index (χ4v) is 4.72. The van der Waals surface area contributed by atoms with Crippen molar-refractivity contribution in [3.8, 4) is 11.8 Å². The minimum atomic E-state index is -3.81. The Morgan fingerprint density at radius 3 is 2.53 bits per heavy atom. The van der Waals surface area contributed by atoms with Crippen LogP contribution in [0.4, 0.5) is 10.5 Å². The summed E-state index contributed by atoms with van der Waals surface area (Å²) in [4.78, 5) is 28.6. The number of hydrogen-bond acceptors (Lipinski definition) is 8. The van der Waals surface area contributed by atoms with Crippen LogP contribution in [0.2, 0.25) is 0 Å². The molecule has 0 bridgehead atoms. The topological polar surface area (TPSA) is 102 Å². The highest BCUT2D eigenvalue weighted by Crippen LogP contribution is 2.30. The first-order chi connectivity index (χ1) is 16.1. The normalized spacial score (nSPS) is 20.7. The molecule has 2 saturated heterocycles. The summed E-state index contributed by atoms with van der Waals surface area (Å²) in [7, 11) is -3.81. The number of morpholine rings is 1. The van der Waals surface area contributed by atoms with Gasteiger partial charge in [-0.2, -0.15) is 0 Å². The second-order valence-corrected chi connectivity index (χ2v) is 11.0. The predicted octanol–water partition coefficient (Wildman–Crippen LogP) is 1.84. The van der Waals surface area contributed by atoms with Gasteiger partial charge in [-0.1, -0.05) is 11.8 Å². The number of benzene rings is 1. The van der Waals surface area contributed by atoms with Gasteiger partial charge in [0.1, 0.15) is 6.10 Å².